The van der Waals surface area contributed by atoms with Gasteiger partial charge in [-0.3, -0.25) is 0 Å². The zero-order valence-corrected chi connectivity index (χ0v) is 8.60. The monoisotopic (exact) mass is 207 g/mol. The van der Waals surface area contributed by atoms with Crippen LogP contribution in [0.15, 0.2) is 18.3 Å². The molecule has 1 aromatic heterocycles. The summed E-state index contributed by atoms with van der Waals surface area (Å²) in [4.78, 5) is 11.3. The molecule has 0 spiro atoms. The minimum Gasteiger partial charge on any atom is -0.618 e. The van der Waals surface area contributed by atoms with Crippen LogP contribution in [-0.4, -0.2) is 12.6 Å². The molecule has 0 amide bonds. The van der Waals surface area contributed by atoms with Crippen LogP contribution >= 0.6 is 0 Å². The number of hydrogen-bond acceptors (Lipinski definition) is 3. The lowest BCUT2D eigenvalue weighted by Gasteiger charge is -2.05. The summed E-state index contributed by atoms with van der Waals surface area (Å²) in [5.41, 5.74) is 1.07. The van der Waals surface area contributed by atoms with Gasteiger partial charge in [0.1, 0.15) is 5.56 Å². The summed E-state index contributed by atoms with van der Waals surface area (Å²) in [5.74, 6) is -0.0526. The van der Waals surface area contributed by atoms with Gasteiger partial charge in [0, 0.05) is 12.0 Å². The second-order valence-corrected chi connectivity index (χ2v) is 3.66. The van der Waals surface area contributed by atoms with Crippen molar-refractivity contribution >= 4 is 5.97 Å². The second-order valence-electron chi connectivity index (χ2n) is 3.66. The van der Waals surface area contributed by atoms with Crippen molar-refractivity contribution < 1.29 is 14.3 Å². The van der Waals surface area contributed by atoms with E-state index in [0.29, 0.717) is 18.1 Å². The summed E-state index contributed by atoms with van der Waals surface area (Å²) < 4.78 is 5.59. The van der Waals surface area contributed by atoms with Crippen molar-refractivity contribution in [2.24, 2.45) is 0 Å². The zero-order chi connectivity index (χ0) is 10.8. The van der Waals surface area contributed by atoms with E-state index in [1.54, 1.807) is 19.1 Å². The smallest absolute Gasteiger partial charge is 0.344 e. The van der Waals surface area contributed by atoms with E-state index in [1.165, 1.54) is 6.20 Å². The molecule has 0 radical (unpaired) electrons. The maximum Gasteiger partial charge on any atom is 0.344 e. The fourth-order valence-electron chi connectivity index (χ4n) is 1.52. The zero-order valence-electron chi connectivity index (χ0n) is 8.60. The van der Waals surface area contributed by atoms with Crippen molar-refractivity contribution in [3.05, 3.63) is 34.8 Å². The quantitative estimate of drug-likeness (QED) is 0.427. The topological polar surface area (TPSA) is 53.2 Å². The number of pyridine rings is 1. The average molecular weight is 207 g/mol. The lowest BCUT2D eigenvalue weighted by molar-refractivity contribution is -0.614. The maximum absolute atomic E-state index is 11.5. The fourth-order valence-corrected chi connectivity index (χ4v) is 1.52. The standard InChI is InChI=1S/C11H13NO3/c1-2-15-11(13)9-5-6-10(8-3-4-8)12(14)7-9/h5-8H,2-4H2,1H3. The Kier molecular flexibility index (Phi) is 2.58. The van der Waals surface area contributed by atoms with Gasteiger partial charge in [-0.2, -0.15) is 4.73 Å². The molecule has 0 atom stereocenters. The van der Waals surface area contributed by atoms with Crippen LogP contribution in [0.1, 0.15) is 41.7 Å². The number of hydrogen-bond donors (Lipinski definition) is 0. The van der Waals surface area contributed by atoms with Crippen LogP contribution in [-0.2, 0) is 4.74 Å². The lowest BCUT2D eigenvalue weighted by atomic mass is 10.2. The Bertz CT molecular complexity index is 385. The molecule has 0 bridgehead atoms. The molecule has 0 aromatic carbocycles. The van der Waals surface area contributed by atoms with Crippen molar-refractivity contribution in [2.45, 2.75) is 25.7 Å². The summed E-state index contributed by atoms with van der Waals surface area (Å²) in [5, 5.41) is 11.5. The second kappa shape index (κ2) is 3.88. The molecule has 4 nitrogen and oxygen atoms in total. The number of carbonyl (C=O) groups excluding carboxylic acids is 1. The highest BCUT2D eigenvalue weighted by atomic mass is 16.5. The SMILES string of the molecule is CCOC(=O)c1ccc(C2CC2)[n+]([O-])c1. The van der Waals surface area contributed by atoms with Gasteiger partial charge in [0.25, 0.3) is 0 Å². The molecule has 0 N–H and O–H groups in total. The minimum atomic E-state index is -0.440. The van der Waals surface area contributed by atoms with Crippen LogP contribution in [0.5, 0.6) is 0 Å². The van der Waals surface area contributed by atoms with E-state index in [-0.39, 0.29) is 0 Å². The van der Waals surface area contributed by atoms with E-state index in [2.05, 4.69) is 0 Å². The van der Waals surface area contributed by atoms with E-state index in [0.717, 1.165) is 23.3 Å². The molecule has 80 valence electrons. The van der Waals surface area contributed by atoms with Gasteiger partial charge in [-0.05, 0) is 25.8 Å². The first-order chi connectivity index (χ1) is 7.22. The van der Waals surface area contributed by atoms with Gasteiger partial charge < -0.3 is 9.94 Å². The molecule has 0 unspecified atom stereocenters. The number of carbonyl (C=O) groups is 1. The Balaban J connectivity index is 2.20. The van der Waals surface area contributed by atoms with Crippen molar-refractivity contribution in [1.29, 1.82) is 0 Å². The lowest BCUT2D eigenvalue weighted by Crippen LogP contribution is -2.32. The van der Waals surface area contributed by atoms with Gasteiger partial charge in [-0.25, -0.2) is 4.79 Å². The summed E-state index contributed by atoms with van der Waals surface area (Å²) in [6.07, 6.45) is 3.44. The van der Waals surface area contributed by atoms with E-state index < -0.39 is 5.97 Å². The molecular formula is C11H13NO3. The van der Waals surface area contributed by atoms with E-state index in [4.69, 9.17) is 4.74 Å². The molecule has 0 aliphatic heterocycles. The van der Waals surface area contributed by atoms with Crippen LogP contribution in [0.3, 0.4) is 0 Å². The predicted molar refractivity (Wildman–Crippen MR) is 53.3 cm³/mol. The Morgan fingerprint density at radius 3 is 2.87 bits per heavy atom. The van der Waals surface area contributed by atoms with E-state index in [1.807, 2.05) is 0 Å². The molecule has 2 rings (SSSR count). The van der Waals surface area contributed by atoms with Crippen molar-refractivity contribution in [1.82, 2.24) is 0 Å². The first kappa shape index (κ1) is 9.96. The van der Waals surface area contributed by atoms with Gasteiger partial charge in [0.2, 0.25) is 0 Å². The number of aromatic nitrogens is 1. The first-order valence-electron chi connectivity index (χ1n) is 5.12. The third-order valence-electron chi connectivity index (χ3n) is 2.45. The fraction of sp³-hybridized carbons (Fsp3) is 0.455. The third-order valence-corrected chi connectivity index (χ3v) is 2.45. The Morgan fingerprint density at radius 1 is 1.60 bits per heavy atom. The Labute approximate surface area is 88.1 Å². The van der Waals surface area contributed by atoms with Crippen molar-refractivity contribution in [3.63, 3.8) is 0 Å². The minimum absolute atomic E-state index is 0.316. The molecule has 15 heavy (non-hydrogen) atoms. The average Bonchev–Trinajstić information content (AvgIpc) is 3.01. The number of ether oxygens (including phenoxy) is 1. The highest BCUT2D eigenvalue weighted by molar-refractivity contribution is 5.88. The van der Waals surface area contributed by atoms with Crippen molar-refractivity contribution in [3.8, 4) is 0 Å². The summed E-state index contributed by atoms with van der Waals surface area (Å²) in [6, 6.07) is 3.37. The molecule has 0 saturated heterocycles. The highest BCUT2D eigenvalue weighted by Gasteiger charge is 2.31. The Hall–Kier alpha value is -1.58. The van der Waals surface area contributed by atoms with Crippen LogP contribution < -0.4 is 4.73 Å². The molecule has 1 saturated carbocycles. The summed E-state index contributed by atoms with van der Waals surface area (Å²) in [7, 11) is 0. The van der Waals surface area contributed by atoms with Crippen LogP contribution in [0.4, 0.5) is 0 Å². The van der Waals surface area contributed by atoms with E-state index >= 15 is 0 Å². The van der Waals surface area contributed by atoms with Gasteiger partial charge in [-0.1, -0.05) is 0 Å². The normalized spacial score (nSPS) is 15.0. The maximum atomic E-state index is 11.5. The Morgan fingerprint density at radius 2 is 2.33 bits per heavy atom. The molecular weight excluding hydrogens is 194 g/mol. The summed E-state index contributed by atoms with van der Waals surface area (Å²) >= 11 is 0. The van der Waals surface area contributed by atoms with Gasteiger partial charge >= 0.3 is 5.97 Å². The molecule has 4 heteroatoms. The van der Waals surface area contributed by atoms with Crippen LogP contribution in [0.2, 0.25) is 0 Å². The third kappa shape index (κ3) is 2.09. The van der Waals surface area contributed by atoms with Gasteiger partial charge in [-0.15, -0.1) is 0 Å². The molecule has 1 aromatic rings. The highest BCUT2D eigenvalue weighted by Crippen LogP contribution is 2.38. The summed E-state index contributed by atoms with van der Waals surface area (Å²) in [6.45, 7) is 2.06. The molecule has 1 aliphatic rings. The molecule has 1 heterocycles. The van der Waals surface area contributed by atoms with Crippen LogP contribution in [0, 0.1) is 5.21 Å². The number of rotatable bonds is 3. The van der Waals surface area contributed by atoms with Gasteiger partial charge in [0.05, 0.1) is 6.61 Å². The molecule has 1 fully saturated rings. The molecule has 1 aliphatic carbocycles. The van der Waals surface area contributed by atoms with Crippen LogP contribution in [0.25, 0.3) is 0 Å². The van der Waals surface area contributed by atoms with Gasteiger partial charge in [0.15, 0.2) is 11.9 Å². The number of esters is 1. The van der Waals surface area contributed by atoms with Crippen molar-refractivity contribution in [2.75, 3.05) is 6.61 Å². The predicted octanol–water partition coefficient (Wildman–Crippen LogP) is 1.37. The largest absolute Gasteiger partial charge is 0.618 e. The number of nitrogens with zero attached hydrogens (tertiary/aromatic N) is 1. The van der Waals surface area contributed by atoms with E-state index in [9.17, 15) is 10.0 Å². The first-order valence-corrected chi connectivity index (χ1v) is 5.12.